The van der Waals surface area contributed by atoms with Crippen LogP contribution in [-0.4, -0.2) is 28.9 Å². The summed E-state index contributed by atoms with van der Waals surface area (Å²) in [5.74, 6) is 0.192. The van der Waals surface area contributed by atoms with E-state index < -0.39 is 12.6 Å². The molecule has 1 fully saturated rings. The summed E-state index contributed by atoms with van der Waals surface area (Å²) in [6.45, 7) is 14.0. The maximum Gasteiger partial charge on any atom is 0.492 e. The highest BCUT2D eigenvalue weighted by Crippen LogP contribution is 2.42. The molecule has 4 heteroatoms. The second kappa shape index (κ2) is 4.56. The lowest BCUT2D eigenvalue weighted by molar-refractivity contribution is 0.00578. The third kappa shape index (κ3) is 2.54. The Bertz CT molecular complexity index is 254. The van der Waals surface area contributed by atoms with Gasteiger partial charge in [-0.2, -0.15) is 0 Å². The van der Waals surface area contributed by atoms with Crippen LogP contribution in [0.5, 0.6) is 0 Å². The van der Waals surface area contributed by atoms with Gasteiger partial charge in [0.1, 0.15) is 5.50 Å². The molecule has 1 saturated heterocycles. The first kappa shape index (κ1) is 15.0. The Hall–Kier alpha value is -0.0551. The van der Waals surface area contributed by atoms with E-state index in [0.717, 1.165) is 12.8 Å². The molecule has 1 rings (SSSR count). The van der Waals surface area contributed by atoms with Crippen LogP contribution in [0.2, 0.25) is 0 Å². The van der Waals surface area contributed by atoms with Crippen LogP contribution in [0.3, 0.4) is 0 Å². The third-order valence-corrected chi connectivity index (χ3v) is 4.54. The molecule has 1 heterocycles. The number of hydrogen-bond acceptors (Lipinski definition) is 3. The van der Waals surface area contributed by atoms with Crippen molar-refractivity contribution in [3.8, 4) is 0 Å². The van der Waals surface area contributed by atoms with Gasteiger partial charge < -0.3 is 14.4 Å². The van der Waals surface area contributed by atoms with Crippen molar-refractivity contribution >= 4 is 7.12 Å². The molecule has 0 aliphatic carbocycles. The molecule has 1 aliphatic heterocycles. The zero-order valence-electron chi connectivity index (χ0n) is 12.3. The smallest absolute Gasteiger partial charge is 0.401 e. The van der Waals surface area contributed by atoms with E-state index in [2.05, 4.69) is 13.8 Å². The van der Waals surface area contributed by atoms with Crippen LogP contribution < -0.4 is 0 Å². The van der Waals surface area contributed by atoms with Crippen molar-refractivity contribution in [2.75, 3.05) is 0 Å². The summed E-state index contributed by atoms with van der Waals surface area (Å²) in [6.07, 6.45) is 1.85. The average molecular weight is 242 g/mol. The van der Waals surface area contributed by atoms with E-state index in [0.29, 0.717) is 0 Å². The molecule has 0 saturated carbocycles. The third-order valence-electron chi connectivity index (χ3n) is 4.54. The van der Waals surface area contributed by atoms with Crippen molar-refractivity contribution < 1.29 is 14.4 Å². The molecule has 100 valence electrons. The molecule has 17 heavy (non-hydrogen) atoms. The van der Waals surface area contributed by atoms with Gasteiger partial charge >= 0.3 is 7.12 Å². The zero-order valence-corrected chi connectivity index (χ0v) is 12.3. The van der Waals surface area contributed by atoms with E-state index in [-0.39, 0.29) is 17.1 Å². The van der Waals surface area contributed by atoms with Crippen molar-refractivity contribution in [2.45, 2.75) is 78.0 Å². The molecule has 0 unspecified atom stereocenters. The Kier molecular flexibility index (Phi) is 4.02. The summed E-state index contributed by atoms with van der Waals surface area (Å²) in [5.41, 5.74) is -1.70. The van der Waals surface area contributed by atoms with Crippen LogP contribution in [0.15, 0.2) is 0 Å². The summed E-state index contributed by atoms with van der Waals surface area (Å²) < 4.78 is 11.9. The topological polar surface area (TPSA) is 38.7 Å². The molecule has 0 aromatic rings. The molecular formula is C13H27BO3. The Morgan fingerprint density at radius 2 is 1.41 bits per heavy atom. The molecule has 1 N–H and O–H groups in total. The van der Waals surface area contributed by atoms with E-state index in [1.807, 2.05) is 34.6 Å². The molecule has 0 aromatic carbocycles. The highest BCUT2D eigenvalue weighted by molar-refractivity contribution is 6.49. The number of aliphatic hydroxyl groups is 1. The van der Waals surface area contributed by atoms with Crippen LogP contribution in [0.4, 0.5) is 0 Å². The van der Waals surface area contributed by atoms with Gasteiger partial charge in [-0.15, -0.1) is 0 Å². The van der Waals surface area contributed by atoms with E-state index in [1.54, 1.807) is 0 Å². The predicted molar refractivity (Wildman–Crippen MR) is 70.8 cm³/mol. The summed E-state index contributed by atoms with van der Waals surface area (Å²) >= 11 is 0. The van der Waals surface area contributed by atoms with E-state index in [1.165, 1.54) is 0 Å². The average Bonchev–Trinajstić information content (AvgIpc) is 2.38. The Morgan fingerprint density at radius 1 is 1.06 bits per heavy atom. The molecule has 0 bridgehead atoms. The predicted octanol–water partition coefficient (Wildman–Crippen LogP) is 2.81. The highest BCUT2D eigenvalue weighted by atomic mass is 16.7. The standard InChI is InChI=1S/C13H27BO3/c1-8-10(9-2)13(7,15)14-16-11(3,4)12(5,6)17-14/h10,15H,8-9H2,1-7H3/t13-/m1/s1. The Labute approximate surface area is 106 Å². The largest absolute Gasteiger partial charge is 0.492 e. The van der Waals surface area contributed by atoms with Gasteiger partial charge in [0.25, 0.3) is 0 Å². The first-order chi connectivity index (χ1) is 7.58. The minimum absolute atomic E-state index is 0.192. The van der Waals surface area contributed by atoms with Crippen LogP contribution in [-0.2, 0) is 9.31 Å². The van der Waals surface area contributed by atoms with Crippen molar-refractivity contribution in [3.63, 3.8) is 0 Å². The zero-order chi connectivity index (χ0) is 13.5. The van der Waals surface area contributed by atoms with E-state index >= 15 is 0 Å². The summed E-state index contributed by atoms with van der Waals surface area (Å²) in [7, 11) is -0.544. The maximum absolute atomic E-state index is 10.7. The number of rotatable bonds is 4. The van der Waals surface area contributed by atoms with Gasteiger partial charge in [-0.25, -0.2) is 0 Å². The maximum atomic E-state index is 10.7. The van der Waals surface area contributed by atoms with Gasteiger partial charge in [0.2, 0.25) is 0 Å². The lowest BCUT2D eigenvalue weighted by Crippen LogP contribution is -2.51. The fourth-order valence-corrected chi connectivity index (χ4v) is 2.39. The normalized spacial score (nSPS) is 26.3. The molecule has 1 aliphatic rings. The molecule has 0 amide bonds. The lowest BCUT2D eigenvalue weighted by Gasteiger charge is -2.33. The van der Waals surface area contributed by atoms with Gasteiger partial charge in [-0.3, -0.25) is 0 Å². The second-order valence-corrected chi connectivity index (χ2v) is 6.33. The first-order valence-corrected chi connectivity index (χ1v) is 6.66. The van der Waals surface area contributed by atoms with Crippen LogP contribution in [0.25, 0.3) is 0 Å². The van der Waals surface area contributed by atoms with E-state index in [9.17, 15) is 5.11 Å². The van der Waals surface area contributed by atoms with E-state index in [4.69, 9.17) is 9.31 Å². The van der Waals surface area contributed by atoms with Crippen LogP contribution >= 0.6 is 0 Å². The minimum Gasteiger partial charge on any atom is -0.401 e. The Morgan fingerprint density at radius 3 is 1.71 bits per heavy atom. The van der Waals surface area contributed by atoms with Crippen molar-refractivity contribution in [2.24, 2.45) is 5.92 Å². The molecule has 0 aromatic heterocycles. The van der Waals surface area contributed by atoms with Crippen LogP contribution in [0.1, 0.15) is 61.3 Å². The summed E-state index contributed by atoms with van der Waals surface area (Å²) in [5, 5.41) is 10.7. The molecule has 0 spiro atoms. The molecular weight excluding hydrogens is 215 g/mol. The van der Waals surface area contributed by atoms with Crippen molar-refractivity contribution in [1.82, 2.24) is 0 Å². The monoisotopic (exact) mass is 242 g/mol. The fourth-order valence-electron chi connectivity index (χ4n) is 2.39. The minimum atomic E-state index is -0.936. The summed E-state index contributed by atoms with van der Waals surface area (Å²) in [6, 6.07) is 0. The lowest BCUT2D eigenvalue weighted by atomic mass is 9.60. The van der Waals surface area contributed by atoms with Gasteiger partial charge in [0.15, 0.2) is 0 Å². The van der Waals surface area contributed by atoms with Gasteiger partial charge in [0, 0.05) is 0 Å². The van der Waals surface area contributed by atoms with Crippen molar-refractivity contribution in [1.29, 1.82) is 0 Å². The SMILES string of the molecule is CCC(CC)[C@@](C)(O)B1OC(C)(C)C(C)(C)O1. The Balaban J connectivity index is 2.90. The number of hydrogen-bond donors (Lipinski definition) is 1. The van der Waals surface area contributed by atoms with Gasteiger partial charge in [-0.05, 0) is 40.5 Å². The van der Waals surface area contributed by atoms with Crippen LogP contribution in [0, 0.1) is 5.92 Å². The molecule has 3 nitrogen and oxygen atoms in total. The second-order valence-electron chi connectivity index (χ2n) is 6.33. The summed E-state index contributed by atoms with van der Waals surface area (Å²) in [4.78, 5) is 0. The molecule has 1 atom stereocenters. The first-order valence-electron chi connectivity index (χ1n) is 6.66. The van der Waals surface area contributed by atoms with Gasteiger partial charge in [0.05, 0.1) is 11.2 Å². The van der Waals surface area contributed by atoms with Gasteiger partial charge in [-0.1, -0.05) is 26.7 Å². The van der Waals surface area contributed by atoms with Crippen molar-refractivity contribution in [3.05, 3.63) is 0 Å². The highest BCUT2D eigenvalue weighted by Gasteiger charge is 2.59. The quantitative estimate of drug-likeness (QED) is 0.770. The fraction of sp³-hybridized carbons (Fsp3) is 1.00. The molecule has 0 radical (unpaired) electrons.